The Balaban J connectivity index is 1.32. The molecule has 2 heteroatoms. The molecule has 1 N–H and O–H groups in total. The van der Waals surface area contributed by atoms with Crippen LogP contribution in [0.25, 0.3) is 16.6 Å². The molecular weight excluding hydrogens is 340 g/mol. The normalized spacial score (nSPS) is 13.8. The fourth-order valence-corrected chi connectivity index (χ4v) is 4.56. The van der Waals surface area contributed by atoms with E-state index < -0.39 is 0 Å². The number of fused-ring (bicyclic) bond motifs is 2. The van der Waals surface area contributed by atoms with E-state index in [1.54, 1.807) is 0 Å². The lowest BCUT2D eigenvalue weighted by molar-refractivity contribution is 0.594. The second kappa shape index (κ2) is 7.20. The van der Waals surface area contributed by atoms with Gasteiger partial charge in [-0.15, -0.1) is 0 Å². The molecule has 0 unspecified atom stereocenters. The molecule has 5 rings (SSSR count). The molecular formula is C26H26N2. The van der Waals surface area contributed by atoms with E-state index in [0.29, 0.717) is 5.92 Å². The van der Waals surface area contributed by atoms with E-state index in [1.807, 2.05) is 0 Å². The van der Waals surface area contributed by atoms with Crippen molar-refractivity contribution in [3.05, 3.63) is 95.7 Å². The smallest absolute Gasteiger partial charge is 0.0531 e. The predicted molar refractivity (Wildman–Crippen MR) is 118 cm³/mol. The summed E-state index contributed by atoms with van der Waals surface area (Å²) in [5.74, 6) is 0.692. The fraction of sp³-hybridized carbons (Fsp3) is 0.231. The summed E-state index contributed by atoms with van der Waals surface area (Å²) in [7, 11) is 0. The number of nitrogens with zero attached hydrogens (tertiary/aromatic N) is 1. The van der Waals surface area contributed by atoms with Crippen LogP contribution in [0.5, 0.6) is 0 Å². The van der Waals surface area contributed by atoms with Gasteiger partial charge in [-0.2, -0.15) is 0 Å². The van der Waals surface area contributed by atoms with Crippen molar-refractivity contribution in [2.24, 2.45) is 5.92 Å². The quantitative estimate of drug-likeness (QED) is 0.457. The number of nitrogens with one attached hydrogen (secondary N) is 1. The van der Waals surface area contributed by atoms with Gasteiger partial charge in [0.05, 0.1) is 5.52 Å². The van der Waals surface area contributed by atoms with E-state index in [1.165, 1.54) is 51.9 Å². The molecule has 0 saturated carbocycles. The van der Waals surface area contributed by atoms with Gasteiger partial charge in [-0.3, -0.25) is 0 Å². The van der Waals surface area contributed by atoms with Crippen molar-refractivity contribution >= 4 is 16.6 Å². The molecule has 0 fully saturated rings. The van der Waals surface area contributed by atoms with Crippen molar-refractivity contribution in [2.45, 2.75) is 26.2 Å². The molecule has 0 amide bonds. The van der Waals surface area contributed by atoms with Gasteiger partial charge in [-0.05, 0) is 72.7 Å². The molecule has 2 nitrogen and oxygen atoms in total. The van der Waals surface area contributed by atoms with Gasteiger partial charge in [0.2, 0.25) is 0 Å². The summed E-state index contributed by atoms with van der Waals surface area (Å²) in [5.41, 5.74) is 8.12. The van der Waals surface area contributed by atoms with E-state index in [0.717, 1.165) is 13.0 Å². The summed E-state index contributed by atoms with van der Waals surface area (Å²) in [4.78, 5) is 0. The van der Waals surface area contributed by atoms with Crippen LogP contribution in [0.4, 0.5) is 5.69 Å². The zero-order valence-electron chi connectivity index (χ0n) is 16.4. The SMILES string of the molecule is CCc1cc2ccccc2n1-c1ccc(NCC2Cc3ccccc3C2)cc1. The first-order valence-electron chi connectivity index (χ1n) is 10.3. The Bertz CT molecular complexity index is 1080. The molecule has 0 atom stereocenters. The predicted octanol–water partition coefficient (Wildman–Crippen LogP) is 6.02. The average Bonchev–Trinajstić information content (AvgIpc) is 3.33. The van der Waals surface area contributed by atoms with Crippen LogP contribution in [0.2, 0.25) is 0 Å². The largest absolute Gasteiger partial charge is 0.385 e. The van der Waals surface area contributed by atoms with Crippen LogP contribution in [0.3, 0.4) is 0 Å². The third kappa shape index (κ3) is 3.09. The second-order valence-electron chi connectivity index (χ2n) is 7.85. The van der Waals surface area contributed by atoms with Crippen molar-refractivity contribution in [2.75, 3.05) is 11.9 Å². The Kier molecular flexibility index (Phi) is 4.40. The monoisotopic (exact) mass is 366 g/mol. The maximum absolute atomic E-state index is 3.65. The Morgan fingerprint density at radius 1 is 0.857 bits per heavy atom. The van der Waals surface area contributed by atoms with Crippen molar-refractivity contribution in [3.8, 4) is 5.69 Å². The maximum Gasteiger partial charge on any atom is 0.0531 e. The summed E-state index contributed by atoms with van der Waals surface area (Å²) >= 11 is 0. The van der Waals surface area contributed by atoms with Gasteiger partial charge < -0.3 is 9.88 Å². The second-order valence-corrected chi connectivity index (χ2v) is 7.85. The minimum atomic E-state index is 0.692. The van der Waals surface area contributed by atoms with Gasteiger partial charge in [-0.1, -0.05) is 49.4 Å². The number of hydrogen-bond donors (Lipinski definition) is 1. The van der Waals surface area contributed by atoms with Crippen LogP contribution < -0.4 is 5.32 Å². The highest BCUT2D eigenvalue weighted by Gasteiger charge is 2.20. The Morgan fingerprint density at radius 3 is 2.25 bits per heavy atom. The lowest BCUT2D eigenvalue weighted by Gasteiger charge is -2.14. The summed E-state index contributed by atoms with van der Waals surface area (Å²) in [6.07, 6.45) is 3.41. The minimum absolute atomic E-state index is 0.692. The highest BCUT2D eigenvalue weighted by atomic mass is 15.0. The van der Waals surface area contributed by atoms with Crippen molar-refractivity contribution in [1.29, 1.82) is 0 Å². The number of para-hydroxylation sites is 1. The summed E-state index contributed by atoms with van der Waals surface area (Å²) < 4.78 is 2.38. The third-order valence-corrected chi connectivity index (χ3v) is 6.01. The standard InChI is InChI=1S/C26H26N2/c1-2-24-17-22-9-5-6-10-26(22)28(24)25-13-11-23(12-14-25)27-18-19-15-20-7-3-4-8-21(20)16-19/h3-14,17,19,27H,2,15-16,18H2,1H3. The molecule has 4 aromatic rings. The molecule has 140 valence electrons. The molecule has 3 aromatic carbocycles. The van der Waals surface area contributed by atoms with Gasteiger partial charge in [0.1, 0.15) is 0 Å². The zero-order chi connectivity index (χ0) is 18.9. The van der Waals surface area contributed by atoms with Gasteiger partial charge in [-0.25, -0.2) is 0 Å². The number of aryl methyl sites for hydroxylation is 1. The highest BCUT2D eigenvalue weighted by Crippen LogP contribution is 2.28. The molecule has 28 heavy (non-hydrogen) atoms. The number of hydrogen-bond acceptors (Lipinski definition) is 1. The van der Waals surface area contributed by atoms with Crippen LogP contribution in [-0.2, 0) is 19.3 Å². The summed E-state index contributed by atoms with van der Waals surface area (Å²) in [5, 5.41) is 4.96. The van der Waals surface area contributed by atoms with Crippen molar-refractivity contribution in [1.82, 2.24) is 4.57 Å². The van der Waals surface area contributed by atoms with E-state index in [2.05, 4.69) is 95.7 Å². The molecule has 1 aliphatic rings. The van der Waals surface area contributed by atoms with E-state index in [-0.39, 0.29) is 0 Å². The molecule has 0 saturated heterocycles. The van der Waals surface area contributed by atoms with E-state index in [4.69, 9.17) is 0 Å². The lowest BCUT2D eigenvalue weighted by Crippen LogP contribution is -2.14. The number of aromatic nitrogens is 1. The molecule has 1 aromatic heterocycles. The summed E-state index contributed by atoms with van der Waals surface area (Å²) in [6, 6.07) is 28.7. The van der Waals surface area contributed by atoms with Crippen LogP contribution in [0.15, 0.2) is 78.9 Å². The Labute approximate surface area is 166 Å². The molecule has 1 heterocycles. The van der Waals surface area contributed by atoms with Crippen LogP contribution in [0, 0.1) is 5.92 Å². The zero-order valence-corrected chi connectivity index (χ0v) is 16.4. The molecule has 0 spiro atoms. The first kappa shape index (κ1) is 17.1. The van der Waals surface area contributed by atoms with Gasteiger partial charge in [0, 0.05) is 29.0 Å². The van der Waals surface area contributed by atoms with Gasteiger partial charge in [0.15, 0.2) is 0 Å². The van der Waals surface area contributed by atoms with E-state index in [9.17, 15) is 0 Å². The summed E-state index contributed by atoms with van der Waals surface area (Å²) in [6.45, 7) is 3.25. The van der Waals surface area contributed by atoms with Gasteiger partial charge >= 0.3 is 0 Å². The third-order valence-electron chi connectivity index (χ3n) is 6.01. The molecule has 0 aliphatic heterocycles. The minimum Gasteiger partial charge on any atom is -0.385 e. The molecule has 0 radical (unpaired) electrons. The first-order chi connectivity index (χ1) is 13.8. The van der Waals surface area contributed by atoms with Crippen LogP contribution in [-0.4, -0.2) is 11.1 Å². The Morgan fingerprint density at radius 2 is 1.54 bits per heavy atom. The molecule has 0 bridgehead atoms. The lowest BCUT2D eigenvalue weighted by atomic mass is 10.1. The van der Waals surface area contributed by atoms with E-state index >= 15 is 0 Å². The number of rotatable bonds is 5. The average molecular weight is 367 g/mol. The first-order valence-corrected chi connectivity index (χ1v) is 10.3. The topological polar surface area (TPSA) is 17.0 Å². The molecule has 1 aliphatic carbocycles. The van der Waals surface area contributed by atoms with Crippen LogP contribution >= 0.6 is 0 Å². The number of benzene rings is 3. The highest BCUT2D eigenvalue weighted by molar-refractivity contribution is 5.83. The van der Waals surface area contributed by atoms with Gasteiger partial charge in [0.25, 0.3) is 0 Å². The van der Waals surface area contributed by atoms with Crippen LogP contribution in [0.1, 0.15) is 23.7 Å². The Hall–Kier alpha value is -3.00. The number of anilines is 1. The van der Waals surface area contributed by atoms with Crippen molar-refractivity contribution in [3.63, 3.8) is 0 Å². The fourth-order valence-electron chi connectivity index (χ4n) is 4.56. The van der Waals surface area contributed by atoms with Crippen molar-refractivity contribution < 1.29 is 0 Å². The maximum atomic E-state index is 3.65.